The second-order valence-electron chi connectivity index (χ2n) is 3.63. The minimum Gasteiger partial charge on any atom is -0.275 e. The van der Waals surface area contributed by atoms with Crippen LogP contribution in [0.5, 0.6) is 0 Å². The normalized spacial score (nSPS) is 10.7. The van der Waals surface area contributed by atoms with Gasteiger partial charge in [0.25, 0.3) is 0 Å². The van der Waals surface area contributed by atoms with Crippen molar-refractivity contribution in [1.82, 2.24) is 19.7 Å². The summed E-state index contributed by atoms with van der Waals surface area (Å²) in [5.74, 6) is 0.594. The van der Waals surface area contributed by atoms with Crippen LogP contribution in [0.4, 0.5) is 0 Å². The molecular weight excluding hydrogens is 224 g/mol. The van der Waals surface area contributed by atoms with Crippen LogP contribution < -0.4 is 0 Å². The minimum atomic E-state index is 0.471. The second-order valence-corrected chi connectivity index (χ2v) is 4.02. The van der Waals surface area contributed by atoms with Gasteiger partial charge in [-0.3, -0.25) is 4.68 Å². The van der Waals surface area contributed by atoms with Crippen LogP contribution in [0.2, 0.25) is 5.15 Å². The van der Waals surface area contributed by atoms with E-state index in [9.17, 15) is 0 Å². The molecule has 84 valence electrons. The summed E-state index contributed by atoms with van der Waals surface area (Å²) in [5, 5.41) is 4.73. The Bertz CT molecular complexity index is 492. The van der Waals surface area contributed by atoms with E-state index in [4.69, 9.17) is 11.6 Å². The molecule has 0 aromatic carbocycles. The standard InChI is InChI=1S/C11H13ClN4/c1-3-4-8-7-10(12)14-11(13-8)9-5-6-16(2)15-9/h5-7H,3-4H2,1-2H3. The van der Waals surface area contributed by atoms with E-state index >= 15 is 0 Å². The van der Waals surface area contributed by atoms with Crippen LogP contribution in [0.1, 0.15) is 19.0 Å². The molecule has 0 amide bonds. The molecule has 2 aromatic rings. The molecule has 5 heteroatoms. The quantitative estimate of drug-likeness (QED) is 0.769. The van der Waals surface area contributed by atoms with Crippen LogP contribution in [0.25, 0.3) is 11.5 Å². The van der Waals surface area contributed by atoms with E-state index in [0.717, 1.165) is 24.2 Å². The number of aromatic nitrogens is 4. The third-order valence-electron chi connectivity index (χ3n) is 2.20. The highest BCUT2D eigenvalue weighted by Gasteiger charge is 2.07. The van der Waals surface area contributed by atoms with Gasteiger partial charge in [0, 0.05) is 18.9 Å². The molecule has 2 aromatic heterocycles. The van der Waals surface area contributed by atoms with Crippen LogP contribution in [-0.2, 0) is 13.5 Å². The van der Waals surface area contributed by atoms with Crippen molar-refractivity contribution >= 4 is 11.6 Å². The molecule has 16 heavy (non-hydrogen) atoms. The van der Waals surface area contributed by atoms with E-state index in [1.807, 2.05) is 19.3 Å². The van der Waals surface area contributed by atoms with Gasteiger partial charge in [-0.1, -0.05) is 24.9 Å². The van der Waals surface area contributed by atoms with E-state index in [1.54, 1.807) is 10.7 Å². The molecule has 0 saturated heterocycles. The first kappa shape index (κ1) is 11.1. The van der Waals surface area contributed by atoms with Gasteiger partial charge in [0.05, 0.1) is 0 Å². The predicted octanol–water partition coefficient (Wildman–Crippen LogP) is 2.48. The van der Waals surface area contributed by atoms with Gasteiger partial charge in [0.1, 0.15) is 10.8 Å². The molecule has 2 heterocycles. The van der Waals surface area contributed by atoms with Crippen molar-refractivity contribution in [3.63, 3.8) is 0 Å². The topological polar surface area (TPSA) is 43.6 Å². The molecule has 0 aliphatic heterocycles. The zero-order valence-corrected chi connectivity index (χ0v) is 10.1. The molecule has 0 atom stereocenters. The lowest BCUT2D eigenvalue weighted by Gasteiger charge is -2.01. The SMILES string of the molecule is CCCc1cc(Cl)nc(-c2ccn(C)n2)n1. The summed E-state index contributed by atoms with van der Waals surface area (Å²) < 4.78 is 1.72. The molecule has 0 bridgehead atoms. The largest absolute Gasteiger partial charge is 0.275 e. The first-order chi connectivity index (χ1) is 7.69. The number of halogens is 1. The van der Waals surface area contributed by atoms with E-state index in [-0.39, 0.29) is 0 Å². The molecule has 0 aliphatic carbocycles. The number of rotatable bonds is 3. The molecule has 0 fully saturated rings. The smallest absolute Gasteiger partial charge is 0.181 e. The third-order valence-corrected chi connectivity index (χ3v) is 2.39. The molecule has 0 saturated carbocycles. The Balaban J connectivity index is 2.40. The van der Waals surface area contributed by atoms with Gasteiger partial charge < -0.3 is 0 Å². The van der Waals surface area contributed by atoms with Crippen LogP contribution in [0.15, 0.2) is 18.3 Å². The molecule has 0 aliphatic rings. The highest BCUT2D eigenvalue weighted by atomic mass is 35.5. The van der Waals surface area contributed by atoms with Gasteiger partial charge in [-0.05, 0) is 18.6 Å². The van der Waals surface area contributed by atoms with Crippen LogP contribution in [0, 0.1) is 0 Å². The maximum absolute atomic E-state index is 5.96. The van der Waals surface area contributed by atoms with E-state index in [0.29, 0.717) is 11.0 Å². The Morgan fingerprint density at radius 2 is 2.19 bits per heavy atom. The van der Waals surface area contributed by atoms with Gasteiger partial charge in [0.15, 0.2) is 5.82 Å². The maximum atomic E-state index is 5.96. The van der Waals surface area contributed by atoms with Gasteiger partial charge >= 0.3 is 0 Å². The fourth-order valence-electron chi connectivity index (χ4n) is 1.50. The van der Waals surface area contributed by atoms with Crippen molar-refractivity contribution in [1.29, 1.82) is 0 Å². The van der Waals surface area contributed by atoms with Gasteiger partial charge in [-0.25, -0.2) is 9.97 Å². The van der Waals surface area contributed by atoms with Crippen molar-refractivity contribution in [2.45, 2.75) is 19.8 Å². The van der Waals surface area contributed by atoms with E-state index in [1.165, 1.54) is 0 Å². The molecule has 0 unspecified atom stereocenters. The van der Waals surface area contributed by atoms with Crippen molar-refractivity contribution < 1.29 is 0 Å². The van der Waals surface area contributed by atoms with Crippen molar-refractivity contribution in [2.75, 3.05) is 0 Å². The highest BCUT2D eigenvalue weighted by Crippen LogP contribution is 2.16. The van der Waals surface area contributed by atoms with Gasteiger partial charge in [-0.15, -0.1) is 0 Å². The fourth-order valence-corrected chi connectivity index (χ4v) is 1.70. The van der Waals surface area contributed by atoms with Crippen LogP contribution in [-0.4, -0.2) is 19.7 Å². The summed E-state index contributed by atoms with van der Waals surface area (Å²) >= 11 is 5.96. The van der Waals surface area contributed by atoms with Crippen molar-refractivity contribution in [2.24, 2.45) is 7.05 Å². The zero-order chi connectivity index (χ0) is 11.5. The first-order valence-corrected chi connectivity index (χ1v) is 5.60. The summed E-state index contributed by atoms with van der Waals surface area (Å²) in [6.45, 7) is 2.11. The Kier molecular flexibility index (Phi) is 3.19. The molecule has 4 nitrogen and oxygen atoms in total. The lowest BCUT2D eigenvalue weighted by Crippen LogP contribution is -1.97. The lowest BCUT2D eigenvalue weighted by atomic mass is 10.2. The molecule has 0 N–H and O–H groups in total. The average molecular weight is 237 g/mol. The van der Waals surface area contributed by atoms with Gasteiger partial charge in [0.2, 0.25) is 0 Å². The molecular formula is C11H13ClN4. The number of nitrogens with zero attached hydrogens (tertiary/aromatic N) is 4. The Morgan fingerprint density at radius 1 is 1.38 bits per heavy atom. The van der Waals surface area contributed by atoms with Crippen molar-refractivity contribution in [3.8, 4) is 11.5 Å². The average Bonchev–Trinajstić information content (AvgIpc) is 2.64. The Morgan fingerprint density at radius 3 is 2.81 bits per heavy atom. The first-order valence-electron chi connectivity index (χ1n) is 5.22. The molecule has 0 radical (unpaired) electrons. The minimum absolute atomic E-state index is 0.471. The van der Waals surface area contributed by atoms with E-state index < -0.39 is 0 Å². The molecule has 0 spiro atoms. The summed E-state index contributed by atoms with van der Waals surface area (Å²) in [5.41, 5.74) is 1.71. The maximum Gasteiger partial charge on any atom is 0.181 e. The summed E-state index contributed by atoms with van der Waals surface area (Å²) in [6, 6.07) is 3.68. The Labute approximate surface area is 99.3 Å². The number of aryl methyl sites for hydroxylation is 2. The monoisotopic (exact) mass is 236 g/mol. The second kappa shape index (κ2) is 4.61. The number of hydrogen-bond acceptors (Lipinski definition) is 3. The highest BCUT2D eigenvalue weighted by molar-refractivity contribution is 6.29. The fraction of sp³-hybridized carbons (Fsp3) is 0.364. The number of hydrogen-bond donors (Lipinski definition) is 0. The lowest BCUT2D eigenvalue weighted by molar-refractivity contribution is 0.767. The molecule has 2 rings (SSSR count). The summed E-state index contributed by atoms with van der Waals surface area (Å²) in [7, 11) is 1.86. The van der Waals surface area contributed by atoms with E-state index in [2.05, 4.69) is 22.0 Å². The van der Waals surface area contributed by atoms with Crippen molar-refractivity contribution in [3.05, 3.63) is 29.2 Å². The van der Waals surface area contributed by atoms with Crippen LogP contribution in [0.3, 0.4) is 0 Å². The predicted molar refractivity (Wildman–Crippen MR) is 63.2 cm³/mol. The van der Waals surface area contributed by atoms with Gasteiger partial charge in [-0.2, -0.15) is 5.10 Å². The van der Waals surface area contributed by atoms with Crippen LogP contribution >= 0.6 is 11.6 Å². The summed E-state index contributed by atoms with van der Waals surface area (Å²) in [4.78, 5) is 8.61. The Hall–Kier alpha value is -1.42. The zero-order valence-electron chi connectivity index (χ0n) is 9.31. The summed E-state index contributed by atoms with van der Waals surface area (Å²) in [6.07, 6.45) is 3.80. The third kappa shape index (κ3) is 2.39.